The van der Waals surface area contributed by atoms with Crippen LogP contribution in [0.1, 0.15) is 38.4 Å². The van der Waals surface area contributed by atoms with Crippen LogP contribution in [0.2, 0.25) is 0 Å². The molecule has 0 aromatic carbocycles. The van der Waals surface area contributed by atoms with E-state index in [0.29, 0.717) is 13.1 Å². The Hall–Kier alpha value is -0.940. The van der Waals surface area contributed by atoms with E-state index in [1.54, 1.807) is 6.33 Å². The van der Waals surface area contributed by atoms with Crippen LogP contribution < -0.4 is 5.32 Å². The fraction of sp³-hybridized carbons (Fsp3) is 0.833. The lowest BCUT2D eigenvalue weighted by Gasteiger charge is -2.35. The minimum absolute atomic E-state index is 0.523. The highest BCUT2D eigenvalue weighted by Gasteiger charge is 2.31. The van der Waals surface area contributed by atoms with Gasteiger partial charge in [0, 0.05) is 13.6 Å². The lowest BCUT2D eigenvalue weighted by molar-refractivity contribution is -0.00645. The summed E-state index contributed by atoms with van der Waals surface area (Å²) in [5.74, 6) is 1.66. The molecule has 5 heteroatoms. The van der Waals surface area contributed by atoms with Crippen LogP contribution in [0.4, 0.5) is 0 Å². The maximum atomic E-state index is 10.4. The monoisotopic (exact) mass is 238 g/mol. The number of nitrogens with one attached hydrogen (secondary N) is 1. The Bertz CT molecular complexity index is 355. The molecule has 96 valence electrons. The summed E-state index contributed by atoms with van der Waals surface area (Å²) in [7, 11) is 1.92. The normalized spacial score (nSPS) is 29.5. The van der Waals surface area contributed by atoms with E-state index in [9.17, 15) is 5.11 Å². The SMILES string of the molecule is CC1CCC(O)(CNCc2nncn2C)CC1. The quantitative estimate of drug-likeness (QED) is 0.816. The number of aryl methyl sites for hydroxylation is 1. The van der Waals surface area contributed by atoms with Crippen LogP contribution in [0.25, 0.3) is 0 Å². The summed E-state index contributed by atoms with van der Waals surface area (Å²) in [4.78, 5) is 0. The summed E-state index contributed by atoms with van der Waals surface area (Å²) in [5, 5.41) is 21.5. The molecule has 1 heterocycles. The number of aliphatic hydroxyl groups is 1. The first kappa shape index (κ1) is 12.5. The average molecular weight is 238 g/mol. The van der Waals surface area contributed by atoms with E-state index >= 15 is 0 Å². The van der Waals surface area contributed by atoms with Crippen LogP contribution in [-0.4, -0.2) is 32.0 Å². The van der Waals surface area contributed by atoms with Crippen molar-refractivity contribution < 1.29 is 5.11 Å². The molecule has 1 aromatic rings. The molecule has 0 unspecified atom stereocenters. The van der Waals surface area contributed by atoms with Gasteiger partial charge in [-0.1, -0.05) is 6.92 Å². The molecule has 1 aliphatic rings. The van der Waals surface area contributed by atoms with Gasteiger partial charge in [-0.15, -0.1) is 10.2 Å². The van der Waals surface area contributed by atoms with Gasteiger partial charge in [-0.2, -0.15) is 0 Å². The lowest BCUT2D eigenvalue weighted by atomic mass is 9.79. The molecule has 1 saturated carbocycles. The van der Waals surface area contributed by atoms with Crippen molar-refractivity contribution in [3.8, 4) is 0 Å². The van der Waals surface area contributed by atoms with Crippen molar-refractivity contribution in [2.75, 3.05) is 6.54 Å². The Morgan fingerprint density at radius 1 is 1.53 bits per heavy atom. The van der Waals surface area contributed by atoms with Crippen molar-refractivity contribution in [1.29, 1.82) is 0 Å². The molecule has 0 amide bonds. The first-order valence-corrected chi connectivity index (χ1v) is 6.35. The summed E-state index contributed by atoms with van der Waals surface area (Å²) in [6.07, 6.45) is 5.75. The second-order valence-electron chi connectivity index (χ2n) is 5.37. The molecule has 5 nitrogen and oxygen atoms in total. The number of aromatic nitrogens is 3. The maximum absolute atomic E-state index is 10.4. The number of nitrogens with zero attached hydrogens (tertiary/aromatic N) is 3. The molecule has 1 aliphatic carbocycles. The average Bonchev–Trinajstić information content (AvgIpc) is 2.70. The molecule has 2 rings (SSSR count). The van der Waals surface area contributed by atoms with Crippen molar-refractivity contribution in [2.24, 2.45) is 13.0 Å². The first-order chi connectivity index (χ1) is 8.09. The molecule has 1 fully saturated rings. The van der Waals surface area contributed by atoms with Crippen LogP contribution in [0.15, 0.2) is 6.33 Å². The molecule has 0 saturated heterocycles. The Morgan fingerprint density at radius 3 is 2.82 bits per heavy atom. The van der Waals surface area contributed by atoms with Gasteiger partial charge in [0.1, 0.15) is 12.2 Å². The highest BCUT2D eigenvalue weighted by Crippen LogP contribution is 2.31. The number of hydrogen-bond acceptors (Lipinski definition) is 4. The number of hydrogen-bond donors (Lipinski definition) is 2. The van der Waals surface area contributed by atoms with Gasteiger partial charge in [0.15, 0.2) is 0 Å². The minimum Gasteiger partial charge on any atom is -0.389 e. The third kappa shape index (κ3) is 3.26. The zero-order valence-electron chi connectivity index (χ0n) is 10.7. The van der Waals surface area contributed by atoms with Crippen molar-refractivity contribution >= 4 is 0 Å². The van der Waals surface area contributed by atoms with Crippen LogP contribution in [0, 0.1) is 5.92 Å². The van der Waals surface area contributed by atoms with E-state index in [1.165, 1.54) is 0 Å². The van der Waals surface area contributed by atoms with E-state index in [4.69, 9.17) is 0 Å². The summed E-state index contributed by atoms with van der Waals surface area (Å²) in [6.45, 7) is 3.56. The van der Waals surface area contributed by atoms with E-state index in [1.807, 2.05) is 11.6 Å². The van der Waals surface area contributed by atoms with E-state index in [-0.39, 0.29) is 0 Å². The minimum atomic E-state index is -0.523. The van der Waals surface area contributed by atoms with E-state index < -0.39 is 5.60 Å². The van der Waals surface area contributed by atoms with Gasteiger partial charge in [0.05, 0.1) is 12.1 Å². The molecular weight excluding hydrogens is 216 g/mol. The zero-order valence-corrected chi connectivity index (χ0v) is 10.7. The Kier molecular flexibility index (Phi) is 3.79. The molecule has 0 radical (unpaired) electrons. The van der Waals surface area contributed by atoms with E-state index in [2.05, 4.69) is 22.4 Å². The predicted octanol–water partition coefficient (Wildman–Crippen LogP) is 0.846. The van der Waals surface area contributed by atoms with Crippen molar-refractivity contribution in [2.45, 2.75) is 44.8 Å². The second kappa shape index (κ2) is 5.14. The topological polar surface area (TPSA) is 63.0 Å². The molecule has 0 atom stereocenters. The lowest BCUT2D eigenvalue weighted by Crippen LogP contribution is -2.43. The first-order valence-electron chi connectivity index (χ1n) is 6.35. The second-order valence-corrected chi connectivity index (χ2v) is 5.37. The summed E-state index contributed by atoms with van der Waals surface area (Å²) >= 11 is 0. The fourth-order valence-electron chi connectivity index (χ4n) is 2.35. The maximum Gasteiger partial charge on any atom is 0.146 e. The molecule has 0 spiro atoms. The van der Waals surface area contributed by atoms with E-state index in [0.717, 1.165) is 37.4 Å². The zero-order chi connectivity index (χ0) is 12.3. The molecular formula is C12H22N4O. The van der Waals surface area contributed by atoms with Crippen LogP contribution >= 0.6 is 0 Å². The molecule has 0 bridgehead atoms. The standard InChI is InChI=1S/C12H22N4O/c1-10-3-5-12(17,6-4-10)8-13-7-11-15-14-9-16(11)2/h9-10,13,17H,3-8H2,1-2H3. The van der Waals surface area contributed by atoms with Crippen molar-refractivity contribution in [1.82, 2.24) is 20.1 Å². The van der Waals surface area contributed by atoms with Crippen molar-refractivity contribution in [3.05, 3.63) is 12.2 Å². The Balaban J connectivity index is 1.76. The van der Waals surface area contributed by atoms with Gasteiger partial charge < -0.3 is 15.0 Å². The van der Waals surface area contributed by atoms with Gasteiger partial charge in [-0.05, 0) is 31.6 Å². The predicted molar refractivity (Wildman–Crippen MR) is 65.3 cm³/mol. The highest BCUT2D eigenvalue weighted by molar-refractivity contribution is 4.89. The Morgan fingerprint density at radius 2 is 2.24 bits per heavy atom. The summed E-state index contributed by atoms with van der Waals surface area (Å²) in [5.41, 5.74) is -0.523. The van der Waals surface area contributed by atoms with Gasteiger partial charge in [-0.25, -0.2) is 0 Å². The van der Waals surface area contributed by atoms with Crippen LogP contribution in [0.3, 0.4) is 0 Å². The van der Waals surface area contributed by atoms with Crippen LogP contribution in [0.5, 0.6) is 0 Å². The third-order valence-electron chi connectivity index (χ3n) is 3.75. The molecule has 17 heavy (non-hydrogen) atoms. The third-order valence-corrected chi connectivity index (χ3v) is 3.75. The fourth-order valence-corrected chi connectivity index (χ4v) is 2.35. The summed E-state index contributed by atoms with van der Waals surface area (Å²) < 4.78 is 1.89. The highest BCUT2D eigenvalue weighted by atomic mass is 16.3. The van der Waals surface area contributed by atoms with Gasteiger partial charge >= 0.3 is 0 Å². The van der Waals surface area contributed by atoms with Crippen molar-refractivity contribution in [3.63, 3.8) is 0 Å². The van der Waals surface area contributed by atoms with Crippen LogP contribution in [-0.2, 0) is 13.6 Å². The van der Waals surface area contributed by atoms with Gasteiger partial charge in [-0.3, -0.25) is 0 Å². The van der Waals surface area contributed by atoms with Gasteiger partial charge in [0.2, 0.25) is 0 Å². The largest absolute Gasteiger partial charge is 0.389 e. The molecule has 1 aromatic heterocycles. The number of rotatable bonds is 4. The van der Waals surface area contributed by atoms with Gasteiger partial charge in [0.25, 0.3) is 0 Å². The molecule has 2 N–H and O–H groups in total. The molecule has 0 aliphatic heterocycles. The smallest absolute Gasteiger partial charge is 0.146 e. The Labute approximate surface area is 102 Å². The summed E-state index contributed by atoms with van der Waals surface area (Å²) in [6, 6.07) is 0.